The molecule has 0 amide bonds. The van der Waals surface area contributed by atoms with Gasteiger partial charge in [0.15, 0.2) is 0 Å². The third kappa shape index (κ3) is 5.88. The fourth-order valence-corrected chi connectivity index (χ4v) is 13.1. The van der Waals surface area contributed by atoms with Gasteiger partial charge in [-0.2, -0.15) is 0 Å². The van der Waals surface area contributed by atoms with E-state index in [4.69, 9.17) is 4.42 Å². The van der Waals surface area contributed by atoms with E-state index in [2.05, 4.69) is 278 Å². The maximum atomic E-state index is 6.87. The van der Waals surface area contributed by atoms with Gasteiger partial charge in [0.2, 0.25) is 0 Å². The fraction of sp³-hybridized carbons (Fsp3) is 0.0571. The predicted octanol–water partition coefficient (Wildman–Crippen LogP) is 18.5. The number of fused-ring (bicyclic) bond motifs is 12. The van der Waals surface area contributed by atoms with Crippen molar-refractivity contribution in [2.45, 2.75) is 24.7 Å². The first-order valence-electron chi connectivity index (χ1n) is 25.4. The Morgan fingerprint density at radius 3 is 1.63 bits per heavy atom. The van der Waals surface area contributed by atoms with E-state index in [0.717, 1.165) is 55.7 Å². The maximum absolute atomic E-state index is 6.87. The first kappa shape index (κ1) is 41.6. The summed E-state index contributed by atoms with van der Waals surface area (Å²) in [7, 11) is 0. The van der Waals surface area contributed by atoms with E-state index < -0.39 is 5.41 Å². The number of anilines is 3. The van der Waals surface area contributed by atoms with Crippen LogP contribution in [0.25, 0.3) is 82.8 Å². The normalized spacial score (nSPS) is 13.8. The summed E-state index contributed by atoms with van der Waals surface area (Å²) < 4.78 is 9.32. The molecule has 13 aromatic rings. The smallest absolute Gasteiger partial charge is 0.138 e. The molecule has 0 spiro atoms. The zero-order valence-electron chi connectivity index (χ0n) is 40.6. The van der Waals surface area contributed by atoms with Gasteiger partial charge in [-0.25, -0.2) is 0 Å². The minimum absolute atomic E-state index is 0.159. The van der Waals surface area contributed by atoms with E-state index >= 15 is 0 Å². The highest BCUT2D eigenvalue weighted by atomic mass is 16.3. The molecule has 0 bridgehead atoms. The SMILES string of the molecule is CC1(C)c2ccccc2-c2ccc(-c3c4c(cc5c3c3ccc(N(c6ccccc6)c6ccc(C7(c8ccccc8)c8ccccc8-c8ccccc87)cc6)cc3n5-c3ccccc3)oc3ccccc34)cc21. The molecule has 0 N–H and O–H groups in total. The number of hydrogen-bond acceptors (Lipinski definition) is 2. The van der Waals surface area contributed by atoms with Crippen molar-refractivity contribution in [2.75, 3.05) is 4.90 Å². The van der Waals surface area contributed by atoms with Crippen LogP contribution < -0.4 is 4.90 Å². The van der Waals surface area contributed by atoms with Gasteiger partial charge >= 0.3 is 0 Å². The molecule has 73 heavy (non-hydrogen) atoms. The van der Waals surface area contributed by atoms with E-state index in [-0.39, 0.29) is 5.41 Å². The molecule has 11 aromatic carbocycles. The van der Waals surface area contributed by atoms with Gasteiger partial charge in [0.25, 0.3) is 0 Å². The Bertz CT molecular complexity index is 4290. The molecular weight excluding hydrogens is 885 g/mol. The molecule has 2 aliphatic rings. The Hall–Kier alpha value is -9.18. The minimum Gasteiger partial charge on any atom is -0.456 e. The number of benzene rings is 11. The van der Waals surface area contributed by atoms with Crippen molar-refractivity contribution in [1.29, 1.82) is 0 Å². The van der Waals surface area contributed by atoms with Gasteiger partial charge in [-0.15, -0.1) is 0 Å². The molecule has 0 saturated heterocycles. The number of aromatic nitrogens is 1. The lowest BCUT2D eigenvalue weighted by Crippen LogP contribution is -2.28. The van der Waals surface area contributed by atoms with Crippen molar-refractivity contribution in [3.8, 4) is 39.1 Å². The average molecular weight is 933 g/mol. The first-order valence-corrected chi connectivity index (χ1v) is 25.4. The number of nitrogens with zero attached hydrogens (tertiary/aromatic N) is 2. The Morgan fingerprint density at radius 2 is 0.918 bits per heavy atom. The summed E-state index contributed by atoms with van der Waals surface area (Å²) in [6.45, 7) is 4.74. The maximum Gasteiger partial charge on any atom is 0.138 e. The number of furan rings is 1. The Balaban J connectivity index is 0.969. The molecule has 3 heteroatoms. The highest BCUT2D eigenvalue weighted by Crippen LogP contribution is 2.57. The van der Waals surface area contributed by atoms with E-state index in [1.54, 1.807) is 0 Å². The molecule has 0 fully saturated rings. The van der Waals surface area contributed by atoms with E-state index in [0.29, 0.717) is 0 Å². The molecule has 15 rings (SSSR count). The largest absolute Gasteiger partial charge is 0.456 e. The van der Waals surface area contributed by atoms with Crippen LogP contribution in [0, 0.1) is 0 Å². The first-order chi connectivity index (χ1) is 36.0. The van der Waals surface area contributed by atoms with Crippen LogP contribution in [0.15, 0.2) is 259 Å². The molecule has 0 unspecified atom stereocenters. The van der Waals surface area contributed by atoms with E-state index in [9.17, 15) is 0 Å². The van der Waals surface area contributed by atoms with Gasteiger partial charge in [-0.3, -0.25) is 0 Å². The summed E-state index contributed by atoms with van der Waals surface area (Å²) in [5, 5.41) is 4.64. The topological polar surface area (TPSA) is 21.3 Å². The highest BCUT2D eigenvalue weighted by molar-refractivity contribution is 6.27. The number of para-hydroxylation sites is 3. The number of hydrogen-bond donors (Lipinski definition) is 0. The van der Waals surface area contributed by atoms with Crippen molar-refractivity contribution < 1.29 is 4.42 Å². The average Bonchev–Trinajstić information content (AvgIpc) is 4.15. The van der Waals surface area contributed by atoms with E-state index in [1.807, 2.05) is 0 Å². The lowest BCUT2D eigenvalue weighted by molar-refractivity contribution is 0.660. The van der Waals surface area contributed by atoms with Gasteiger partial charge in [0.05, 0.1) is 16.4 Å². The second-order valence-electron chi connectivity index (χ2n) is 20.3. The summed E-state index contributed by atoms with van der Waals surface area (Å²) in [5.41, 5.74) is 23.0. The van der Waals surface area contributed by atoms with Crippen molar-refractivity contribution >= 4 is 60.8 Å². The van der Waals surface area contributed by atoms with Crippen molar-refractivity contribution in [3.05, 3.63) is 288 Å². The second kappa shape index (κ2) is 15.7. The summed E-state index contributed by atoms with van der Waals surface area (Å²) in [5.74, 6) is 0. The standard InChI is InChI=1S/C70H48N2O/c1-69(2)58-30-16-12-26-52(58)55-40-34-45(42-61(55)69)66-67-56-41-39-51(43-62(56)72(49-24-10-5-11-25-49)63(67)44-65-68(66)57-29-15-19-33-64(57)73-65)71(48-22-8-4-9-23-48)50-37-35-47(36-38-50)70(46-20-6-3-7-21-46)59-31-17-13-27-53(59)54-28-14-18-32-60(54)70/h3-44H,1-2H3. The minimum atomic E-state index is -0.485. The van der Waals surface area contributed by atoms with Gasteiger partial charge in [0.1, 0.15) is 11.2 Å². The van der Waals surface area contributed by atoms with Gasteiger partial charge < -0.3 is 13.9 Å². The Kier molecular flexibility index (Phi) is 8.92. The van der Waals surface area contributed by atoms with Crippen LogP contribution in [0.1, 0.15) is 47.2 Å². The van der Waals surface area contributed by atoms with Crippen LogP contribution in [0.2, 0.25) is 0 Å². The van der Waals surface area contributed by atoms with Crippen molar-refractivity contribution in [3.63, 3.8) is 0 Å². The molecular formula is C70H48N2O. The van der Waals surface area contributed by atoms with Crippen LogP contribution in [-0.2, 0) is 10.8 Å². The van der Waals surface area contributed by atoms with Crippen LogP contribution in [-0.4, -0.2) is 4.57 Å². The third-order valence-corrected chi connectivity index (χ3v) is 16.3. The molecule has 0 atom stereocenters. The van der Waals surface area contributed by atoms with Crippen LogP contribution >= 0.6 is 0 Å². The van der Waals surface area contributed by atoms with Gasteiger partial charge in [0, 0.05) is 61.3 Å². The molecule has 2 heterocycles. The van der Waals surface area contributed by atoms with Gasteiger partial charge in [-0.1, -0.05) is 202 Å². The highest BCUT2D eigenvalue weighted by Gasteiger charge is 2.46. The zero-order valence-corrected chi connectivity index (χ0v) is 40.6. The molecule has 2 aromatic heterocycles. The summed E-state index contributed by atoms with van der Waals surface area (Å²) >= 11 is 0. The monoisotopic (exact) mass is 932 g/mol. The van der Waals surface area contributed by atoms with Crippen LogP contribution in [0.5, 0.6) is 0 Å². The molecule has 2 aliphatic carbocycles. The van der Waals surface area contributed by atoms with E-state index in [1.165, 1.54) is 77.5 Å². The quantitative estimate of drug-likeness (QED) is 0.159. The lowest BCUT2D eigenvalue weighted by atomic mass is 9.68. The molecule has 0 saturated carbocycles. The number of rotatable bonds is 7. The molecule has 0 aliphatic heterocycles. The molecule has 0 radical (unpaired) electrons. The lowest BCUT2D eigenvalue weighted by Gasteiger charge is -2.34. The summed E-state index contributed by atoms with van der Waals surface area (Å²) in [6, 6.07) is 93.9. The van der Waals surface area contributed by atoms with Crippen molar-refractivity contribution in [2.24, 2.45) is 0 Å². The molecule has 344 valence electrons. The fourth-order valence-electron chi connectivity index (χ4n) is 13.1. The summed E-state index contributed by atoms with van der Waals surface area (Å²) in [6.07, 6.45) is 0. The van der Waals surface area contributed by atoms with Crippen LogP contribution in [0.3, 0.4) is 0 Å². The third-order valence-electron chi connectivity index (χ3n) is 16.3. The van der Waals surface area contributed by atoms with Crippen molar-refractivity contribution in [1.82, 2.24) is 4.57 Å². The van der Waals surface area contributed by atoms with Crippen LogP contribution in [0.4, 0.5) is 17.1 Å². The Labute approximate surface area is 424 Å². The Morgan fingerprint density at radius 1 is 0.370 bits per heavy atom. The zero-order chi connectivity index (χ0) is 48.4. The summed E-state index contributed by atoms with van der Waals surface area (Å²) in [4.78, 5) is 2.41. The second-order valence-corrected chi connectivity index (χ2v) is 20.3. The van der Waals surface area contributed by atoms with Gasteiger partial charge in [-0.05, 0) is 122 Å². The molecule has 3 nitrogen and oxygen atoms in total. The predicted molar refractivity (Wildman–Crippen MR) is 303 cm³/mol.